The Morgan fingerprint density at radius 3 is 2.74 bits per heavy atom. The lowest BCUT2D eigenvalue weighted by atomic mass is 10.1. The largest absolute Gasteiger partial charge is 0.293 e. The highest BCUT2D eigenvalue weighted by atomic mass is 32.2. The normalized spacial score (nSPS) is 15.9. The number of carbonyl (C=O) groups excluding carboxylic acids is 1. The molecule has 3 aromatic rings. The molecule has 0 saturated carbocycles. The molecule has 134 valence electrons. The minimum atomic E-state index is -0.0354. The van der Waals surface area contributed by atoms with Crippen LogP contribution in [0.1, 0.15) is 16.8 Å². The summed E-state index contributed by atoms with van der Waals surface area (Å²) in [6.07, 6.45) is 2.62. The fraction of sp³-hybridized carbons (Fsp3) is 0.136. The Bertz CT molecular complexity index is 1060. The predicted octanol–water partition coefficient (Wildman–Crippen LogP) is 4.99. The zero-order valence-corrected chi connectivity index (χ0v) is 16.5. The summed E-state index contributed by atoms with van der Waals surface area (Å²) in [5.41, 5.74) is 4.10. The summed E-state index contributed by atoms with van der Waals surface area (Å²) in [6, 6.07) is 20.3. The van der Waals surface area contributed by atoms with Crippen molar-refractivity contribution in [2.24, 2.45) is 0 Å². The molecule has 2 aromatic carbocycles. The molecular weight excluding hydrogens is 372 g/mol. The number of hydrogen-bond acceptors (Lipinski definition) is 4. The van der Waals surface area contributed by atoms with Gasteiger partial charge in [0.15, 0.2) is 0 Å². The molecule has 0 bridgehead atoms. The molecule has 0 radical (unpaired) electrons. The fourth-order valence-corrected chi connectivity index (χ4v) is 4.35. The number of benzene rings is 2. The summed E-state index contributed by atoms with van der Waals surface area (Å²) in [4.78, 5) is 19.7. The van der Waals surface area contributed by atoms with Gasteiger partial charge in [-0.15, -0.1) is 0 Å². The molecule has 0 atom stereocenters. The Morgan fingerprint density at radius 1 is 1.11 bits per heavy atom. The van der Waals surface area contributed by atoms with E-state index in [4.69, 9.17) is 12.2 Å². The van der Waals surface area contributed by atoms with Crippen LogP contribution in [0.2, 0.25) is 0 Å². The number of rotatable bonds is 4. The fourth-order valence-electron chi connectivity index (χ4n) is 3.05. The first kappa shape index (κ1) is 17.9. The Hall–Kier alpha value is -2.50. The van der Waals surface area contributed by atoms with E-state index in [0.717, 1.165) is 23.0 Å². The van der Waals surface area contributed by atoms with Gasteiger partial charge in [-0.2, -0.15) is 0 Å². The van der Waals surface area contributed by atoms with Gasteiger partial charge in [0.2, 0.25) is 0 Å². The number of thioether (sulfide) groups is 1. The molecule has 0 N–H and O–H groups in total. The van der Waals surface area contributed by atoms with Crippen LogP contribution in [0.15, 0.2) is 65.6 Å². The van der Waals surface area contributed by atoms with E-state index >= 15 is 0 Å². The number of pyridine rings is 1. The quantitative estimate of drug-likeness (QED) is 0.464. The molecule has 0 spiro atoms. The lowest BCUT2D eigenvalue weighted by molar-refractivity contribution is -0.122. The van der Waals surface area contributed by atoms with Crippen molar-refractivity contribution in [2.45, 2.75) is 13.3 Å². The third kappa shape index (κ3) is 3.94. The van der Waals surface area contributed by atoms with Gasteiger partial charge < -0.3 is 0 Å². The van der Waals surface area contributed by atoms with Crippen LogP contribution in [0.4, 0.5) is 0 Å². The van der Waals surface area contributed by atoms with E-state index in [1.807, 2.05) is 48.5 Å². The maximum Gasteiger partial charge on any atom is 0.266 e. The molecule has 5 heteroatoms. The van der Waals surface area contributed by atoms with Crippen LogP contribution >= 0.6 is 24.0 Å². The van der Waals surface area contributed by atoms with E-state index in [1.165, 1.54) is 22.9 Å². The van der Waals surface area contributed by atoms with Gasteiger partial charge >= 0.3 is 0 Å². The Kier molecular flexibility index (Phi) is 5.05. The van der Waals surface area contributed by atoms with Crippen molar-refractivity contribution in [3.8, 4) is 0 Å². The zero-order valence-electron chi connectivity index (χ0n) is 14.9. The first-order valence-corrected chi connectivity index (χ1v) is 9.99. The molecule has 1 amide bonds. The third-order valence-corrected chi connectivity index (χ3v) is 5.86. The Labute approximate surface area is 168 Å². The van der Waals surface area contributed by atoms with E-state index < -0.39 is 0 Å². The topological polar surface area (TPSA) is 33.2 Å². The number of thiocarbonyl (C=S) groups is 1. The van der Waals surface area contributed by atoms with Crippen molar-refractivity contribution in [1.29, 1.82) is 0 Å². The molecule has 1 aliphatic heterocycles. The number of carbonyl (C=O) groups is 1. The summed E-state index contributed by atoms with van der Waals surface area (Å²) in [7, 11) is 0. The van der Waals surface area contributed by atoms with Crippen molar-refractivity contribution in [3.05, 3.63) is 82.4 Å². The number of amides is 1. The molecule has 1 saturated heterocycles. The van der Waals surface area contributed by atoms with Crippen molar-refractivity contribution < 1.29 is 4.79 Å². The molecule has 1 aliphatic rings. The summed E-state index contributed by atoms with van der Waals surface area (Å²) in [6.45, 7) is 2.66. The summed E-state index contributed by atoms with van der Waals surface area (Å²) < 4.78 is 0.610. The standard InChI is InChI=1S/C22H18N2OS2/c1-15-7-10-19-17(13-15)8-9-18(23-19)14-20-21(25)24(22(26)27-20)12-11-16-5-3-2-4-6-16/h2-10,13-14H,11-12H2,1H3/b20-14-. The maximum absolute atomic E-state index is 12.8. The van der Waals surface area contributed by atoms with Crippen LogP contribution in [0.25, 0.3) is 17.0 Å². The van der Waals surface area contributed by atoms with Crippen LogP contribution in [0, 0.1) is 6.92 Å². The number of hydrogen-bond donors (Lipinski definition) is 0. The highest BCUT2D eigenvalue weighted by molar-refractivity contribution is 8.26. The predicted molar refractivity (Wildman–Crippen MR) is 117 cm³/mol. The second kappa shape index (κ2) is 7.62. The molecule has 1 fully saturated rings. The molecule has 27 heavy (non-hydrogen) atoms. The summed E-state index contributed by atoms with van der Waals surface area (Å²) in [5, 5.41) is 1.10. The first-order chi connectivity index (χ1) is 13.1. The molecule has 0 aliphatic carbocycles. The maximum atomic E-state index is 12.8. The van der Waals surface area contributed by atoms with Crippen molar-refractivity contribution >= 4 is 51.2 Å². The average Bonchev–Trinajstić information content (AvgIpc) is 2.94. The lowest BCUT2D eigenvalue weighted by Crippen LogP contribution is -2.30. The molecule has 2 heterocycles. The van der Waals surface area contributed by atoms with Gasteiger partial charge in [-0.05, 0) is 43.2 Å². The second-order valence-corrected chi connectivity index (χ2v) is 8.18. The van der Waals surface area contributed by atoms with Gasteiger partial charge in [0.05, 0.1) is 16.1 Å². The summed E-state index contributed by atoms with van der Waals surface area (Å²) in [5.74, 6) is -0.0354. The molecular formula is C22H18N2OS2. The van der Waals surface area contributed by atoms with Gasteiger partial charge in [0.25, 0.3) is 5.91 Å². The van der Waals surface area contributed by atoms with Gasteiger partial charge in [-0.3, -0.25) is 9.69 Å². The molecule has 1 aromatic heterocycles. The highest BCUT2D eigenvalue weighted by Gasteiger charge is 2.31. The third-order valence-electron chi connectivity index (χ3n) is 4.49. The van der Waals surface area contributed by atoms with Gasteiger partial charge in [-0.1, -0.05) is 72.0 Å². The zero-order chi connectivity index (χ0) is 18.8. The van der Waals surface area contributed by atoms with E-state index in [9.17, 15) is 4.79 Å². The molecule has 0 unspecified atom stereocenters. The van der Waals surface area contributed by atoms with E-state index in [0.29, 0.717) is 15.8 Å². The average molecular weight is 391 g/mol. The smallest absolute Gasteiger partial charge is 0.266 e. The monoisotopic (exact) mass is 390 g/mol. The van der Waals surface area contributed by atoms with Crippen molar-refractivity contribution in [2.75, 3.05) is 6.54 Å². The van der Waals surface area contributed by atoms with Gasteiger partial charge in [0.1, 0.15) is 4.32 Å². The first-order valence-electron chi connectivity index (χ1n) is 8.77. The van der Waals surface area contributed by atoms with Gasteiger partial charge in [0, 0.05) is 11.9 Å². The minimum absolute atomic E-state index is 0.0354. The molecule has 4 rings (SSSR count). The van der Waals surface area contributed by atoms with Crippen LogP contribution in [0.5, 0.6) is 0 Å². The summed E-state index contributed by atoms with van der Waals surface area (Å²) >= 11 is 6.77. The Morgan fingerprint density at radius 2 is 1.93 bits per heavy atom. The van der Waals surface area contributed by atoms with Crippen LogP contribution < -0.4 is 0 Å². The van der Waals surface area contributed by atoms with E-state index in [-0.39, 0.29) is 5.91 Å². The number of nitrogens with zero attached hydrogens (tertiary/aromatic N) is 2. The number of aryl methyl sites for hydroxylation is 1. The number of aromatic nitrogens is 1. The minimum Gasteiger partial charge on any atom is -0.293 e. The highest BCUT2D eigenvalue weighted by Crippen LogP contribution is 2.32. The van der Waals surface area contributed by atoms with E-state index in [2.05, 4.69) is 30.1 Å². The lowest BCUT2D eigenvalue weighted by Gasteiger charge is -2.14. The van der Waals surface area contributed by atoms with Crippen molar-refractivity contribution in [1.82, 2.24) is 9.88 Å². The Balaban J connectivity index is 1.53. The van der Waals surface area contributed by atoms with Crippen LogP contribution in [0.3, 0.4) is 0 Å². The second-order valence-electron chi connectivity index (χ2n) is 6.50. The molecule has 3 nitrogen and oxygen atoms in total. The van der Waals surface area contributed by atoms with E-state index in [1.54, 1.807) is 4.90 Å². The SMILES string of the molecule is Cc1ccc2nc(/C=C3\SC(=S)N(CCc4ccccc4)C3=O)ccc2c1. The van der Waals surface area contributed by atoms with Crippen LogP contribution in [-0.4, -0.2) is 26.7 Å². The van der Waals surface area contributed by atoms with Crippen molar-refractivity contribution in [3.63, 3.8) is 0 Å². The number of fused-ring (bicyclic) bond motifs is 1. The van der Waals surface area contributed by atoms with Gasteiger partial charge in [-0.25, -0.2) is 4.98 Å². The van der Waals surface area contributed by atoms with Crippen LogP contribution in [-0.2, 0) is 11.2 Å².